The van der Waals surface area contributed by atoms with E-state index in [9.17, 15) is 8.42 Å². The molecule has 5 nitrogen and oxygen atoms in total. The second-order valence-corrected chi connectivity index (χ2v) is 7.06. The number of nitrogens with one attached hydrogen (secondary N) is 1. The van der Waals surface area contributed by atoms with Crippen LogP contribution in [0.3, 0.4) is 0 Å². The van der Waals surface area contributed by atoms with E-state index in [1.165, 1.54) is 0 Å². The maximum Gasteiger partial charge on any atom is 0.242 e. The summed E-state index contributed by atoms with van der Waals surface area (Å²) in [5.41, 5.74) is 6.49. The Bertz CT molecular complexity index is 483. The van der Waals surface area contributed by atoms with E-state index in [-0.39, 0.29) is 0 Å². The Kier molecular flexibility index (Phi) is 6.92. The van der Waals surface area contributed by atoms with Crippen LogP contribution in [0.25, 0.3) is 0 Å². The summed E-state index contributed by atoms with van der Waals surface area (Å²) in [5.74, 6) is 0.952. The topological polar surface area (TPSA) is 77.1 Å². The van der Waals surface area contributed by atoms with Crippen LogP contribution in [-0.4, -0.2) is 31.5 Å². The zero-order valence-electron chi connectivity index (χ0n) is 11.6. The van der Waals surface area contributed by atoms with Crippen molar-refractivity contribution in [2.75, 3.05) is 18.6 Å². The summed E-state index contributed by atoms with van der Waals surface area (Å²) in [6, 6.07) is 1.66. The van der Waals surface area contributed by atoms with Crippen molar-refractivity contribution >= 4 is 21.8 Å². The van der Waals surface area contributed by atoms with Crippen LogP contribution >= 0.6 is 11.8 Å². The van der Waals surface area contributed by atoms with Crippen LogP contribution in [-0.2, 0) is 23.1 Å². The summed E-state index contributed by atoms with van der Waals surface area (Å²) >= 11 is 1.71. The third-order valence-electron chi connectivity index (χ3n) is 2.76. The van der Waals surface area contributed by atoms with Gasteiger partial charge in [-0.25, -0.2) is 13.1 Å². The van der Waals surface area contributed by atoms with E-state index < -0.39 is 10.0 Å². The van der Waals surface area contributed by atoms with Crippen molar-refractivity contribution < 1.29 is 8.42 Å². The summed E-state index contributed by atoms with van der Waals surface area (Å²) in [4.78, 5) is 0.311. The van der Waals surface area contributed by atoms with Gasteiger partial charge in [0, 0.05) is 31.5 Å². The second-order valence-electron chi connectivity index (χ2n) is 4.31. The Morgan fingerprint density at radius 1 is 1.47 bits per heavy atom. The van der Waals surface area contributed by atoms with Crippen LogP contribution in [0.1, 0.15) is 25.5 Å². The molecule has 1 rings (SSSR count). The van der Waals surface area contributed by atoms with Gasteiger partial charge in [-0.1, -0.05) is 6.92 Å². The highest BCUT2D eigenvalue weighted by atomic mass is 32.2. The van der Waals surface area contributed by atoms with Crippen molar-refractivity contribution in [3.05, 3.63) is 18.0 Å². The zero-order valence-corrected chi connectivity index (χ0v) is 13.2. The molecule has 1 heterocycles. The molecular formula is C12H23N3O2S2. The average Bonchev–Trinajstić information content (AvgIpc) is 2.79. The summed E-state index contributed by atoms with van der Waals surface area (Å²) in [7, 11) is -3.41. The van der Waals surface area contributed by atoms with Crippen LogP contribution in [0.4, 0.5) is 0 Å². The summed E-state index contributed by atoms with van der Waals surface area (Å²) in [5, 5.41) is 0. The van der Waals surface area contributed by atoms with Crippen LogP contribution in [0.2, 0.25) is 0 Å². The normalized spacial score (nSPS) is 11.9. The molecule has 19 heavy (non-hydrogen) atoms. The summed E-state index contributed by atoms with van der Waals surface area (Å²) < 4.78 is 28.8. The van der Waals surface area contributed by atoms with E-state index in [1.54, 1.807) is 24.0 Å². The van der Waals surface area contributed by atoms with Crippen LogP contribution in [0.5, 0.6) is 0 Å². The molecule has 1 aromatic heterocycles. The molecule has 0 radical (unpaired) electrons. The van der Waals surface area contributed by atoms with Crippen LogP contribution in [0.15, 0.2) is 17.2 Å². The average molecular weight is 305 g/mol. The molecule has 0 unspecified atom stereocenters. The van der Waals surface area contributed by atoms with Crippen molar-refractivity contribution in [3.63, 3.8) is 0 Å². The maximum absolute atomic E-state index is 12.1. The SMILES string of the molecule is CCCn1cc(S(=O)(=O)NCCCSC)cc1CN. The van der Waals surface area contributed by atoms with E-state index in [0.717, 1.165) is 30.8 Å². The highest BCUT2D eigenvalue weighted by molar-refractivity contribution is 7.98. The number of sulfonamides is 1. The predicted molar refractivity (Wildman–Crippen MR) is 80.8 cm³/mol. The third kappa shape index (κ3) is 4.83. The standard InChI is InChI=1S/C12H23N3O2S2/c1-3-6-15-10-12(8-11(15)9-13)19(16,17)14-5-4-7-18-2/h8,10,14H,3-7,9,13H2,1-2H3. The lowest BCUT2D eigenvalue weighted by Crippen LogP contribution is -2.24. The summed E-state index contributed by atoms with van der Waals surface area (Å²) in [6.45, 7) is 3.66. The minimum absolute atomic E-state index is 0.311. The van der Waals surface area contributed by atoms with Crippen LogP contribution in [0, 0.1) is 0 Å². The van der Waals surface area contributed by atoms with Crippen molar-refractivity contribution in [1.29, 1.82) is 0 Å². The molecule has 0 aliphatic heterocycles. The lowest BCUT2D eigenvalue weighted by atomic mass is 10.4. The maximum atomic E-state index is 12.1. The number of aryl methyl sites for hydroxylation is 1. The monoisotopic (exact) mass is 305 g/mol. The number of thioether (sulfide) groups is 1. The molecule has 0 bridgehead atoms. The Morgan fingerprint density at radius 3 is 2.79 bits per heavy atom. The van der Waals surface area contributed by atoms with Gasteiger partial charge in [0.1, 0.15) is 0 Å². The Balaban J connectivity index is 2.77. The van der Waals surface area contributed by atoms with E-state index in [0.29, 0.717) is 18.0 Å². The highest BCUT2D eigenvalue weighted by Crippen LogP contribution is 2.14. The fourth-order valence-electron chi connectivity index (χ4n) is 1.80. The van der Waals surface area contributed by atoms with E-state index in [2.05, 4.69) is 11.6 Å². The van der Waals surface area contributed by atoms with E-state index >= 15 is 0 Å². The van der Waals surface area contributed by atoms with Gasteiger partial charge in [-0.2, -0.15) is 11.8 Å². The molecule has 0 saturated carbocycles. The molecule has 1 aromatic rings. The van der Waals surface area contributed by atoms with Gasteiger partial charge < -0.3 is 10.3 Å². The number of hydrogen-bond donors (Lipinski definition) is 2. The molecule has 0 saturated heterocycles. The minimum Gasteiger partial charge on any atom is -0.349 e. The molecule has 0 fully saturated rings. The van der Waals surface area contributed by atoms with Gasteiger partial charge in [0.05, 0.1) is 4.90 Å². The first kappa shape index (κ1) is 16.6. The van der Waals surface area contributed by atoms with Gasteiger partial charge in [0.15, 0.2) is 0 Å². The molecule has 0 aromatic carbocycles. The van der Waals surface area contributed by atoms with Gasteiger partial charge in [-0.05, 0) is 30.9 Å². The van der Waals surface area contributed by atoms with Crippen molar-refractivity contribution in [3.8, 4) is 0 Å². The molecule has 0 spiro atoms. The molecular weight excluding hydrogens is 282 g/mol. The first-order valence-electron chi connectivity index (χ1n) is 6.43. The van der Waals surface area contributed by atoms with Gasteiger partial charge >= 0.3 is 0 Å². The lowest BCUT2D eigenvalue weighted by Gasteiger charge is -2.04. The number of hydrogen-bond acceptors (Lipinski definition) is 4. The Morgan fingerprint density at radius 2 is 2.21 bits per heavy atom. The van der Waals surface area contributed by atoms with E-state index in [4.69, 9.17) is 5.73 Å². The minimum atomic E-state index is -3.41. The van der Waals surface area contributed by atoms with Crippen molar-refractivity contribution in [2.45, 2.75) is 37.8 Å². The Labute approximate surface area is 120 Å². The zero-order chi connectivity index (χ0) is 14.3. The predicted octanol–water partition coefficient (Wildman–Crippen LogP) is 1.39. The van der Waals surface area contributed by atoms with E-state index in [1.807, 2.05) is 10.8 Å². The van der Waals surface area contributed by atoms with Gasteiger partial charge in [-0.3, -0.25) is 0 Å². The Hall–Kier alpha value is -0.500. The van der Waals surface area contributed by atoms with Crippen molar-refractivity contribution in [1.82, 2.24) is 9.29 Å². The number of aromatic nitrogens is 1. The fourth-order valence-corrected chi connectivity index (χ4v) is 3.37. The molecule has 7 heteroatoms. The molecule has 3 N–H and O–H groups in total. The first-order valence-corrected chi connectivity index (χ1v) is 9.30. The number of nitrogens with two attached hydrogens (primary N) is 1. The fraction of sp³-hybridized carbons (Fsp3) is 0.667. The second kappa shape index (κ2) is 7.94. The largest absolute Gasteiger partial charge is 0.349 e. The van der Waals surface area contributed by atoms with Gasteiger partial charge in [0.2, 0.25) is 10.0 Å². The molecule has 110 valence electrons. The quantitative estimate of drug-likeness (QED) is 0.676. The first-order chi connectivity index (χ1) is 9.05. The third-order valence-corrected chi connectivity index (χ3v) is 4.89. The smallest absolute Gasteiger partial charge is 0.242 e. The molecule has 0 aliphatic rings. The van der Waals surface area contributed by atoms with Gasteiger partial charge in [-0.15, -0.1) is 0 Å². The molecule has 0 atom stereocenters. The summed E-state index contributed by atoms with van der Waals surface area (Å²) in [6.07, 6.45) is 5.46. The van der Waals surface area contributed by atoms with Gasteiger partial charge in [0.25, 0.3) is 0 Å². The number of rotatable bonds is 9. The molecule has 0 amide bonds. The van der Waals surface area contributed by atoms with Crippen LogP contribution < -0.4 is 10.5 Å². The number of nitrogens with zero attached hydrogens (tertiary/aromatic N) is 1. The molecule has 0 aliphatic carbocycles. The van der Waals surface area contributed by atoms with Crippen molar-refractivity contribution in [2.24, 2.45) is 5.73 Å². The highest BCUT2D eigenvalue weighted by Gasteiger charge is 2.17. The lowest BCUT2D eigenvalue weighted by molar-refractivity contribution is 0.580.